The van der Waals surface area contributed by atoms with Crippen molar-refractivity contribution in [3.05, 3.63) is 61.1 Å². The van der Waals surface area contributed by atoms with Crippen LogP contribution in [0.25, 0.3) is 0 Å². The maximum absolute atomic E-state index is 5.43. The molecule has 0 saturated carbocycles. The molecular formula is C15H17NO2. The molecule has 0 radical (unpaired) electrons. The van der Waals surface area contributed by atoms with Crippen LogP contribution in [0.3, 0.4) is 0 Å². The van der Waals surface area contributed by atoms with E-state index in [1.54, 1.807) is 13.4 Å². The number of hydrogen-bond acceptors (Lipinski definition) is 3. The Bertz CT molecular complexity index is 474. The normalized spacial score (nSPS) is 11.8. The molecule has 3 nitrogen and oxygen atoms in total. The van der Waals surface area contributed by atoms with E-state index < -0.39 is 0 Å². The fourth-order valence-electron chi connectivity index (χ4n) is 1.79. The quantitative estimate of drug-likeness (QED) is 0.778. The van der Waals surface area contributed by atoms with Crippen molar-refractivity contribution >= 4 is 5.69 Å². The third kappa shape index (κ3) is 2.94. The molecule has 2 rings (SSSR count). The van der Waals surface area contributed by atoms with Crippen molar-refractivity contribution in [2.75, 3.05) is 12.4 Å². The van der Waals surface area contributed by atoms with Crippen LogP contribution >= 0.6 is 0 Å². The van der Waals surface area contributed by atoms with Gasteiger partial charge in [0, 0.05) is 5.69 Å². The summed E-state index contributed by atoms with van der Waals surface area (Å²) < 4.78 is 10.6. The summed E-state index contributed by atoms with van der Waals surface area (Å²) in [4.78, 5) is 0. The van der Waals surface area contributed by atoms with Gasteiger partial charge < -0.3 is 14.5 Å². The van der Waals surface area contributed by atoms with Crippen molar-refractivity contribution in [2.45, 2.75) is 12.5 Å². The molecule has 2 aromatic rings. The SMILES string of the molecule is C=CC[C@H](Nc1ccc(OC)cc1)c1ccco1. The minimum atomic E-state index is 0.103. The van der Waals surface area contributed by atoms with Crippen LogP contribution in [0.2, 0.25) is 0 Å². The zero-order valence-electron chi connectivity index (χ0n) is 10.4. The van der Waals surface area contributed by atoms with Crippen LogP contribution in [0.5, 0.6) is 5.75 Å². The number of methoxy groups -OCH3 is 1. The molecule has 0 aliphatic rings. The summed E-state index contributed by atoms with van der Waals surface area (Å²) in [6.07, 6.45) is 4.37. The van der Waals surface area contributed by atoms with Gasteiger partial charge in [0.25, 0.3) is 0 Å². The average Bonchev–Trinajstić information content (AvgIpc) is 2.93. The number of nitrogens with one attached hydrogen (secondary N) is 1. The predicted octanol–water partition coefficient (Wildman–Crippen LogP) is 4.02. The monoisotopic (exact) mass is 243 g/mol. The highest BCUT2D eigenvalue weighted by Gasteiger charge is 2.12. The molecule has 3 heteroatoms. The van der Waals surface area contributed by atoms with Gasteiger partial charge in [-0.25, -0.2) is 0 Å². The van der Waals surface area contributed by atoms with E-state index >= 15 is 0 Å². The molecule has 0 unspecified atom stereocenters. The molecule has 0 spiro atoms. The van der Waals surface area contributed by atoms with E-state index in [2.05, 4.69) is 11.9 Å². The van der Waals surface area contributed by atoms with Crippen LogP contribution in [-0.4, -0.2) is 7.11 Å². The van der Waals surface area contributed by atoms with E-state index in [-0.39, 0.29) is 6.04 Å². The first kappa shape index (κ1) is 12.3. The molecule has 18 heavy (non-hydrogen) atoms. The Morgan fingerprint density at radius 2 is 2.11 bits per heavy atom. The summed E-state index contributed by atoms with van der Waals surface area (Å²) in [5.74, 6) is 1.75. The van der Waals surface area contributed by atoms with Crippen molar-refractivity contribution in [1.82, 2.24) is 0 Å². The molecule has 1 aromatic heterocycles. The van der Waals surface area contributed by atoms with Crippen LogP contribution < -0.4 is 10.1 Å². The van der Waals surface area contributed by atoms with Crippen LogP contribution in [0.15, 0.2) is 59.7 Å². The second-order valence-electron chi connectivity index (χ2n) is 3.97. The molecule has 1 N–H and O–H groups in total. The van der Waals surface area contributed by atoms with Crippen LogP contribution in [0.1, 0.15) is 18.2 Å². The fourth-order valence-corrected chi connectivity index (χ4v) is 1.79. The van der Waals surface area contributed by atoms with E-state index in [4.69, 9.17) is 9.15 Å². The standard InChI is InChI=1S/C15H17NO2/c1-3-5-14(15-6-4-11-18-15)16-12-7-9-13(17-2)10-8-12/h3-4,6-11,14,16H,1,5H2,2H3/t14-/m0/s1. The van der Waals surface area contributed by atoms with Gasteiger partial charge in [0.1, 0.15) is 11.5 Å². The van der Waals surface area contributed by atoms with Crippen LogP contribution in [0.4, 0.5) is 5.69 Å². The van der Waals surface area contributed by atoms with Gasteiger partial charge in [0.15, 0.2) is 0 Å². The minimum absolute atomic E-state index is 0.103. The lowest BCUT2D eigenvalue weighted by Crippen LogP contribution is -2.08. The molecule has 0 aliphatic carbocycles. The third-order valence-corrected chi connectivity index (χ3v) is 2.72. The van der Waals surface area contributed by atoms with Gasteiger partial charge in [-0.1, -0.05) is 6.08 Å². The fraction of sp³-hybridized carbons (Fsp3) is 0.200. The zero-order valence-corrected chi connectivity index (χ0v) is 10.4. The van der Waals surface area contributed by atoms with Gasteiger partial charge >= 0.3 is 0 Å². The van der Waals surface area contributed by atoms with Crippen LogP contribution in [-0.2, 0) is 0 Å². The highest BCUT2D eigenvalue weighted by atomic mass is 16.5. The highest BCUT2D eigenvalue weighted by molar-refractivity contribution is 5.47. The van der Waals surface area contributed by atoms with Gasteiger partial charge in [-0.2, -0.15) is 0 Å². The van der Waals surface area contributed by atoms with E-state index in [0.29, 0.717) is 0 Å². The Balaban J connectivity index is 2.10. The number of rotatable bonds is 6. The van der Waals surface area contributed by atoms with Gasteiger partial charge in [0.2, 0.25) is 0 Å². The first-order valence-corrected chi connectivity index (χ1v) is 5.88. The first-order valence-electron chi connectivity index (χ1n) is 5.88. The summed E-state index contributed by atoms with van der Waals surface area (Å²) in [6, 6.07) is 11.8. The Hall–Kier alpha value is -2.16. The van der Waals surface area contributed by atoms with Crippen molar-refractivity contribution in [1.29, 1.82) is 0 Å². The smallest absolute Gasteiger partial charge is 0.126 e. The molecular weight excluding hydrogens is 226 g/mol. The summed E-state index contributed by atoms with van der Waals surface area (Å²) in [6.45, 7) is 3.78. The minimum Gasteiger partial charge on any atom is -0.497 e. The summed E-state index contributed by atoms with van der Waals surface area (Å²) in [7, 11) is 1.66. The molecule has 1 heterocycles. The lowest BCUT2D eigenvalue weighted by molar-refractivity contribution is 0.415. The number of hydrogen-bond donors (Lipinski definition) is 1. The van der Waals surface area contributed by atoms with Crippen molar-refractivity contribution < 1.29 is 9.15 Å². The highest BCUT2D eigenvalue weighted by Crippen LogP contribution is 2.24. The largest absolute Gasteiger partial charge is 0.497 e. The molecule has 0 amide bonds. The molecule has 1 aromatic carbocycles. The second kappa shape index (κ2) is 5.96. The van der Waals surface area contributed by atoms with Crippen molar-refractivity contribution in [3.8, 4) is 5.75 Å². The molecule has 1 atom stereocenters. The lowest BCUT2D eigenvalue weighted by Gasteiger charge is -2.16. The molecule has 0 aliphatic heterocycles. The number of benzene rings is 1. The first-order chi connectivity index (χ1) is 8.83. The Kier molecular flexibility index (Phi) is 4.07. The lowest BCUT2D eigenvalue weighted by atomic mass is 10.1. The van der Waals surface area contributed by atoms with Gasteiger partial charge in [-0.15, -0.1) is 6.58 Å². The zero-order chi connectivity index (χ0) is 12.8. The predicted molar refractivity (Wildman–Crippen MR) is 72.9 cm³/mol. The molecule has 0 saturated heterocycles. The maximum atomic E-state index is 5.43. The summed E-state index contributed by atoms with van der Waals surface area (Å²) >= 11 is 0. The van der Waals surface area contributed by atoms with Crippen LogP contribution in [0, 0.1) is 0 Å². The van der Waals surface area contributed by atoms with E-state index in [9.17, 15) is 0 Å². The Labute approximate surface area is 107 Å². The molecule has 0 bridgehead atoms. The van der Waals surface area contributed by atoms with Gasteiger partial charge in [0.05, 0.1) is 19.4 Å². The van der Waals surface area contributed by atoms with E-state index in [1.165, 1.54) is 0 Å². The summed E-state index contributed by atoms with van der Waals surface area (Å²) in [5, 5.41) is 3.41. The Morgan fingerprint density at radius 3 is 2.67 bits per heavy atom. The molecule has 94 valence electrons. The maximum Gasteiger partial charge on any atom is 0.126 e. The van der Waals surface area contributed by atoms with Crippen molar-refractivity contribution in [2.24, 2.45) is 0 Å². The third-order valence-electron chi connectivity index (χ3n) is 2.72. The van der Waals surface area contributed by atoms with Crippen molar-refractivity contribution in [3.63, 3.8) is 0 Å². The van der Waals surface area contributed by atoms with E-state index in [1.807, 2.05) is 42.5 Å². The molecule has 0 fully saturated rings. The van der Waals surface area contributed by atoms with Gasteiger partial charge in [-0.3, -0.25) is 0 Å². The Morgan fingerprint density at radius 1 is 1.33 bits per heavy atom. The number of anilines is 1. The van der Waals surface area contributed by atoms with E-state index in [0.717, 1.165) is 23.6 Å². The number of furan rings is 1. The summed E-state index contributed by atoms with van der Waals surface area (Å²) in [5.41, 5.74) is 1.03. The van der Waals surface area contributed by atoms with Gasteiger partial charge in [-0.05, 0) is 42.8 Å². The average molecular weight is 243 g/mol. The second-order valence-corrected chi connectivity index (χ2v) is 3.97. The topological polar surface area (TPSA) is 34.4 Å². The number of ether oxygens (including phenoxy) is 1.